The Bertz CT molecular complexity index is 1100. The van der Waals surface area contributed by atoms with Crippen molar-refractivity contribution in [3.8, 4) is 5.75 Å². The second-order valence-corrected chi connectivity index (χ2v) is 6.54. The molecule has 30 heavy (non-hydrogen) atoms. The highest BCUT2D eigenvalue weighted by molar-refractivity contribution is 6.32. The van der Waals surface area contributed by atoms with Gasteiger partial charge in [-0.15, -0.1) is 0 Å². The molecule has 152 valence electrons. The summed E-state index contributed by atoms with van der Waals surface area (Å²) in [5, 5.41) is 16.6. The zero-order valence-corrected chi connectivity index (χ0v) is 16.3. The molecule has 0 spiro atoms. The number of aromatic carboxylic acids is 1. The maximum atomic E-state index is 12.6. The molecular weight excluding hydrogens is 408 g/mol. The third-order valence-corrected chi connectivity index (χ3v) is 4.31. The Labute approximate surface area is 177 Å². The minimum absolute atomic E-state index is 0.0638. The van der Waals surface area contributed by atoms with Crippen LogP contribution in [0.3, 0.4) is 0 Å². The van der Waals surface area contributed by atoms with E-state index in [0.717, 1.165) is 0 Å². The summed E-state index contributed by atoms with van der Waals surface area (Å²) >= 11 is 5.99. The van der Waals surface area contributed by atoms with Crippen LogP contribution in [-0.4, -0.2) is 24.4 Å². The fourth-order valence-electron chi connectivity index (χ4n) is 2.60. The highest BCUT2D eigenvalue weighted by Crippen LogP contribution is 2.23. The molecule has 0 heterocycles. The standard InChI is InChI=1S/C22H17ClN2O5/c23-17-9-2-4-11-19(17)30-13-20(26)25-18-10-3-1-8-16(18)21(27)24-15-7-5-6-14(12-15)22(28)29/h1-12H,13H2,(H,24,27)(H,25,26)(H,28,29)/p-1. The van der Waals surface area contributed by atoms with Crippen molar-refractivity contribution in [2.24, 2.45) is 0 Å². The fourth-order valence-corrected chi connectivity index (χ4v) is 2.79. The Morgan fingerprint density at radius 2 is 1.63 bits per heavy atom. The predicted octanol–water partition coefficient (Wildman–Crippen LogP) is 2.97. The number of hydrogen-bond donors (Lipinski definition) is 2. The van der Waals surface area contributed by atoms with Gasteiger partial charge in [-0.1, -0.05) is 48.0 Å². The average Bonchev–Trinajstić information content (AvgIpc) is 2.73. The van der Waals surface area contributed by atoms with Gasteiger partial charge in [-0.25, -0.2) is 0 Å². The number of ether oxygens (including phenoxy) is 1. The highest BCUT2D eigenvalue weighted by Gasteiger charge is 2.14. The van der Waals surface area contributed by atoms with E-state index in [1.54, 1.807) is 48.5 Å². The average molecular weight is 424 g/mol. The lowest BCUT2D eigenvalue weighted by Crippen LogP contribution is -2.23. The second-order valence-electron chi connectivity index (χ2n) is 6.14. The Balaban J connectivity index is 1.68. The molecule has 0 saturated heterocycles. The predicted molar refractivity (Wildman–Crippen MR) is 111 cm³/mol. The van der Waals surface area contributed by atoms with Gasteiger partial charge in [0.2, 0.25) is 0 Å². The third kappa shape index (κ3) is 5.36. The smallest absolute Gasteiger partial charge is 0.262 e. The van der Waals surface area contributed by atoms with E-state index in [9.17, 15) is 19.5 Å². The maximum absolute atomic E-state index is 12.6. The van der Waals surface area contributed by atoms with Gasteiger partial charge in [0.1, 0.15) is 5.75 Å². The zero-order valence-electron chi connectivity index (χ0n) is 15.6. The molecule has 0 aliphatic carbocycles. The maximum Gasteiger partial charge on any atom is 0.262 e. The summed E-state index contributed by atoms with van der Waals surface area (Å²) in [6.07, 6.45) is 0. The van der Waals surface area contributed by atoms with Crippen molar-refractivity contribution in [2.75, 3.05) is 17.2 Å². The van der Waals surface area contributed by atoms with E-state index in [1.165, 1.54) is 24.3 Å². The van der Waals surface area contributed by atoms with Gasteiger partial charge in [-0.05, 0) is 42.0 Å². The third-order valence-electron chi connectivity index (χ3n) is 4.00. The van der Waals surface area contributed by atoms with Crippen LogP contribution < -0.4 is 20.5 Å². The monoisotopic (exact) mass is 423 g/mol. The number of anilines is 2. The summed E-state index contributed by atoms with van der Waals surface area (Å²) < 4.78 is 5.40. The van der Waals surface area contributed by atoms with Crippen LogP contribution in [0.15, 0.2) is 72.8 Å². The van der Waals surface area contributed by atoms with Crippen molar-refractivity contribution in [3.05, 3.63) is 88.9 Å². The van der Waals surface area contributed by atoms with E-state index in [0.29, 0.717) is 10.8 Å². The van der Waals surface area contributed by atoms with Crippen LogP contribution >= 0.6 is 11.6 Å². The summed E-state index contributed by atoms with van der Waals surface area (Å²) in [5.74, 6) is -1.98. The first-order chi connectivity index (χ1) is 14.4. The molecule has 0 fully saturated rings. The number of halogens is 1. The molecule has 0 bridgehead atoms. The topological polar surface area (TPSA) is 108 Å². The number of carbonyl (C=O) groups excluding carboxylic acids is 3. The van der Waals surface area contributed by atoms with E-state index < -0.39 is 17.8 Å². The molecule has 0 atom stereocenters. The summed E-state index contributed by atoms with van der Waals surface area (Å²) in [5.41, 5.74) is 0.692. The first-order valence-electron chi connectivity index (χ1n) is 8.83. The normalized spacial score (nSPS) is 10.2. The number of carbonyl (C=O) groups is 3. The van der Waals surface area contributed by atoms with Crippen molar-refractivity contribution in [1.82, 2.24) is 0 Å². The SMILES string of the molecule is O=C(COc1ccccc1Cl)Nc1ccccc1C(=O)Nc1cccc(C(=O)[O-])c1. The van der Waals surface area contributed by atoms with Crippen LogP contribution in [0, 0.1) is 0 Å². The van der Waals surface area contributed by atoms with Gasteiger partial charge in [-0.3, -0.25) is 9.59 Å². The Morgan fingerprint density at radius 3 is 2.40 bits per heavy atom. The first-order valence-corrected chi connectivity index (χ1v) is 9.21. The molecule has 0 unspecified atom stereocenters. The highest BCUT2D eigenvalue weighted by atomic mass is 35.5. The molecule has 0 aliphatic rings. The molecule has 7 nitrogen and oxygen atoms in total. The van der Waals surface area contributed by atoms with Crippen molar-refractivity contribution >= 4 is 40.8 Å². The van der Waals surface area contributed by atoms with E-state index in [2.05, 4.69) is 10.6 Å². The summed E-state index contributed by atoms with van der Waals surface area (Å²) in [7, 11) is 0. The largest absolute Gasteiger partial charge is 0.545 e. The van der Waals surface area contributed by atoms with Gasteiger partial charge < -0.3 is 25.3 Å². The molecule has 3 aromatic carbocycles. The molecule has 2 amide bonds. The minimum Gasteiger partial charge on any atom is -0.545 e. The van der Waals surface area contributed by atoms with Gasteiger partial charge in [0.15, 0.2) is 6.61 Å². The number of carboxylic acid groups (broad SMARTS) is 1. The summed E-state index contributed by atoms with van der Waals surface area (Å²) in [6, 6.07) is 18.8. The summed E-state index contributed by atoms with van der Waals surface area (Å²) in [6.45, 7) is -0.298. The number of benzene rings is 3. The molecule has 0 aliphatic heterocycles. The molecular formula is C22H16ClN2O5-. The fraction of sp³-hybridized carbons (Fsp3) is 0.0455. The van der Waals surface area contributed by atoms with Crippen LogP contribution in [0.2, 0.25) is 5.02 Å². The second kappa shape index (κ2) is 9.58. The number of carboxylic acids is 1. The summed E-state index contributed by atoms with van der Waals surface area (Å²) in [4.78, 5) is 35.9. The van der Waals surface area contributed by atoms with Gasteiger partial charge in [0.05, 0.1) is 22.2 Å². The molecule has 2 N–H and O–H groups in total. The Kier molecular flexibility index (Phi) is 6.67. The molecule has 3 rings (SSSR count). The lowest BCUT2D eigenvalue weighted by Gasteiger charge is -2.13. The lowest BCUT2D eigenvalue weighted by molar-refractivity contribution is -0.255. The first kappa shape index (κ1) is 20.9. The molecule has 3 aromatic rings. The van der Waals surface area contributed by atoms with Gasteiger partial charge in [-0.2, -0.15) is 0 Å². The van der Waals surface area contributed by atoms with Crippen LogP contribution in [0.5, 0.6) is 5.75 Å². The number of rotatable bonds is 7. The van der Waals surface area contributed by atoms with Crippen LogP contribution in [-0.2, 0) is 4.79 Å². The van der Waals surface area contributed by atoms with Gasteiger partial charge in [0.25, 0.3) is 11.8 Å². The molecule has 0 radical (unpaired) electrons. The Morgan fingerprint density at radius 1 is 0.900 bits per heavy atom. The van der Waals surface area contributed by atoms with E-state index in [1.807, 2.05) is 0 Å². The van der Waals surface area contributed by atoms with Crippen molar-refractivity contribution in [1.29, 1.82) is 0 Å². The van der Waals surface area contributed by atoms with Crippen molar-refractivity contribution in [2.45, 2.75) is 0 Å². The lowest BCUT2D eigenvalue weighted by atomic mass is 10.1. The molecule has 8 heteroatoms. The van der Waals surface area contributed by atoms with Gasteiger partial charge >= 0.3 is 0 Å². The van der Waals surface area contributed by atoms with Crippen molar-refractivity contribution in [3.63, 3.8) is 0 Å². The van der Waals surface area contributed by atoms with E-state index in [4.69, 9.17) is 16.3 Å². The van der Waals surface area contributed by atoms with Crippen molar-refractivity contribution < 1.29 is 24.2 Å². The molecule has 0 saturated carbocycles. The number of nitrogens with one attached hydrogen (secondary N) is 2. The Hall–Kier alpha value is -3.84. The quantitative estimate of drug-likeness (QED) is 0.607. The number of hydrogen-bond acceptors (Lipinski definition) is 5. The van der Waals surface area contributed by atoms with E-state index in [-0.39, 0.29) is 29.1 Å². The number of para-hydroxylation sites is 2. The number of amides is 2. The van der Waals surface area contributed by atoms with E-state index >= 15 is 0 Å². The van der Waals surface area contributed by atoms with Crippen LogP contribution in [0.4, 0.5) is 11.4 Å². The minimum atomic E-state index is -1.35. The zero-order chi connectivity index (χ0) is 21.5. The molecule has 0 aromatic heterocycles. The van der Waals surface area contributed by atoms with Gasteiger partial charge in [0, 0.05) is 5.69 Å². The van der Waals surface area contributed by atoms with Crippen LogP contribution in [0.1, 0.15) is 20.7 Å². The van der Waals surface area contributed by atoms with Crippen LogP contribution in [0.25, 0.3) is 0 Å².